The molecule has 2 rings (SSSR count). The van der Waals surface area contributed by atoms with Crippen molar-refractivity contribution in [2.45, 2.75) is 32.4 Å². The number of aliphatic hydroxyl groups is 1. The van der Waals surface area contributed by atoms with Crippen molar-refractivity contribution in [2.75, 3.05) is 26.3 Å². The lowest BCUT2D eigenvalue weighted by atomic mass is 10.2. The minimum absolute atomic E-state index is 0.247. The average Bonchev–Trinajstić information content (AvgIpc) is 3.11. The molecular formula is C16H23NO3. The van der Waals surface area contributed by atoms with Crippen molar-refractivity contribution in [3.63, 3.8) is 0 Å². The molecule has 1 aromatic rings. The molecule has 1 aliphatic carbocycles. The van der Waals surface area contributed by atoms with Crippen LogP contribution in [0, 0.1) is 25.2 Å². The minimum Gasteiger partial charge on any atom is -0.465 e. The maximum absolute atomic E-state index is 10.00. The second kappa shape index (κ2) is 7.49. The zero-order valence-corrected chi connectivity index (χ0v) is 12.0. The fourth-order valence-corrected chi connectivity index (χ4v) is 2.26. The highest BCUT2D eigenvalue weighted by atomic mass is 16.5. The second-order valence-corrected chi connectivity index (χ2v) is 5.52. The number of rotatable bonds is 9. The lowest BCUT2D eigenvalue weighted by Gasteiger charge is -2.24. The van der Waals surface area contributed by atoms with Crippen molar-refractivity contribution in [1.29, 1.82) is 0 Å². The Kier molecular flexibility index (Phi) is 5.66. The number of hydrogen-bond acceptors (Lipinski definition) is 4. The molecule has 0 radical (unpaired) electrons. The van der Waals surface area contributed by atoms with Gasteiger partial charge >= 0.3 is 0 Å². The van der Waals surface area contributed by atoms with E-state index in [0.29, 0.717) is 6.54 Å². The van der Waals surface area contributed by atoms with E-state index in [1.807, 2.05) is 19.1 Å². The van der Waals surface area contributed by atoms with Crippen LogP contribution in [0.2, 0.25) is 0 Å². The van der Waals surface area contributed by atoms with E-state index < -0.39 is 6.10 Å². The van der Waals surface area contributed by atoms with Gasteiger partial charge in [0.1, 0.15) is 18.1 Å². The van der Waals surface area contributed by atoms with Crippen molar-refractivity contribution in [2.24, 2.45) is 5.92 Å². The summed E-state index contributed by atoms with van der Waals surface area (Å²) in [5.41, 5.74) is 0. The quantitative estimate of drug-likeness (QED) is 0.552. The molecule has 20 heavy (non-hydrogen) atoms. The highest BCUT2D eigenvalue weighted by Crippen LogP contribution is 2.30. The maximum Gasteiger partial charge on any atom is 0.118 e. The van der Waals surface area contributed by atoms with Gasteiger partial charge in [0, 0.05) is 13.1 Å². The summed E-state index contributed by atoms with van der Waals surface area (Å²) in [6.07, 6.45) is 7.18. The summed E-state index contributed by atoms with van der Waals surface area (Å²) < 4.78 is 10.8. The molecule has 0 bridgehead atoms. The average molecular weight is 277 g/mol. The van der Waals surface area contributed by atoms with Gasteiger partial charge in [0.2, 0.25) is 0 Å². The first-order valence-electron chi connectivity index (χ1n) is 7.14. The van der Waals surface area contributed by atoms with E-state index >= 15 is 0 Å². The van der Waals surface area contributed by atoms with Gasteiger partial charge in [-0.1, -0.05) is 5.92 Å². The van der Waals surface area contributed by atoms with Gasteiger partial charge in [0.15, 0.2) is 0 Å². The Morgan fingerprint density at radius 3 is 2.95 bits per heavy atom. The molecule has 0 spiro atoms. The Labute approximate surface area is 120 Å². The SMILES string of the molecule is C#CCOC[C@H](O)CN(Cc1ccc(C)o1)CC1CC1. The fraction of sp³-hybridized carbons (Fsp3) is 0.625. The largest absolute Gasteiger partial charge is 0.465 e. The van der Waals surface area contributed by atoms with E-state index in [4.69, 9.17) is 15.6 Å². The number of hydrogen-bond donors (Lipinski definition) is 1. The summed E-state index contributed by atoms with van der Waals surface area (Å²) in [7, 11) is 0. The van der Waals surface area contributed by atoms with Gasteiger partial charge in [-0.2, -0.15) is 0 Å². The predicted molar refractivity (Wildman–Crippen MR) is 77.1 cm³/mol. The van der Waals surface area contributed by atoms with Crippen LogP contribution in [-0.4, -0.2) is 42.4 Å². The zero-order valence-electron chi connectivity index (χ0n) is 12.0. The molecule has 1 saturated carbocycles. The Hall–Kier alpha value is -1.28. The van der Waals surface area contributed by atoms with E-state index in [1.54, 1.807) is 0 Å². The molecule has 0 saturated heterocycles. The number of aryl methyl sites for hydroxylation is 1. The van der Waals surface area contributed by atoms with Crippen molar-refractivity contribution >= 4 is 0 Å². The van der Waals surface area contributed by atoms with Crippen LogP contribution in [0.1, 0.15) is 24.4 Å². The molecule has 1 aliphatic rings. The fourth-order valence-electron chi connectivity index (χ4n) is 2.26. The molecule has 0 unspecified atom stereocenters. The molecule has 0 aliphatic heterocycles. The molecule has 0 amide bonds. The Morgan fingerprint density at radius 1 is 1.55 bits per heavy atom. The lowest BCUT2D eigenvalue weighted by Crippen LogP contribution is -2.35. The zero-order chi connectivity index (χ0) is 14.4. The first-order valence-corrected chi connectivity index (χ1v) is 7.14. The predicted octanol–water partition coefficient (Wildman–Crippen LogP) is 1.81. The number of aliphatic hydroxyl groups excluding tert-OH is 1. The highest BCUT2D eigenvalue weighted by Gasteiger charge is 2.25. The summed E-state index contributed by atoms with van der Waals surface area (Å²) in [6.45, 7) is 4.79. The molecule has 4 nitrogen and oxygen atoms in total. The molecular weight excluding hydrogens is 254 g/mol. The third kappa shape index (κ3) is 5.38. The van der Waals surface area contributed by atoms with Gasteiger partial charge in [-0.15, -0.1) is 6.42 Å². The Morgan fingerprint density at radius 2 is 2.35 bits per heavy atom. The van der Waals surface area contributed by atoms with E-state index in [-0.39, 0.29) is 13.2 Å². The first kappa shape index (κ1) is 15.1. The molecule has 0 aromatic carbocycles. The molecule has 1 fully saturated rings. The third-order valence-electron chi connectivity index (χ3n) is 3.35. The van der Waals surface area contributed by atoms with Crippen molar-refractivity contribution in [3.05, 3.63) is 23.7 Å². The number of nitrogens with zero attached hydrogens (tertiary/aromatic N) is 1. The summed E-state index contributed by atoms with van der Waals surface area (Å²) in [5, 5.41) is 10.00. The van der Waals surface area contributed by atoms with Crippen LogP contribution in [0.25, 0.3) is 0 Å². The number of terminal acetylenes is 1. The standard InChI is InChI=1S/C16H23NO3/c1-3-8-19-12-15(18)10-17(9-14-5-6-14)11-16-7-4-13(2)20-16/h1,4,7,14-15,18H,5-6,8-12H2,2H3/t15-/m1/s1. The molecule has 1 N–H and O–H groups in total. The maximum atomic E-state index is 10.00. The van der Waals surface area contributed by atoms with Gasteiger partial charge in [-0.25, -0.2) is 0 Å². The molecule has 110 valence electrons. The minimum atomic E-state index is -0.516. The van der Waals surface area contributed by atoms with Gasteiger partial charge in [-0.05, 0) is 37.8 Å². The molecule has 1 heterocycles. The Bertz CT molecular complexity index is 445. The normalized spacial score (nSPS) is 16.3. The van der Waals surface area contributed by atoms with E-state index in [0.717, 1.165) is 30.5 Å². The van der Waals surface area contributed by atoms with Gasteiger partial charge < -0.3 is 14.3 Å². The van der Waals surface area contributed by atoms with Crippen molar-refractivity contribution in [1.82, 2.24) is 4.90 Å². The third-order valence-corrected chi connectivity index (χ3v) is 3.35. The van der Waals surface area contributed by atoms with Crippen LogP contribution in [0.15, 0.2) is 16.5 Å². The van der Waals surface area contributed by atoms with E-state index in [1.165, 1.54) is 12.8 Å². The lowest BCUT2D eigenvalue weighted by molar-refractivity contribution is 0.0238. The van der Waals surface area contributed by atoms with Gasteiger partial charge in [-0.3, -0.25) is 4.90 Å². The van der Waals surface area contributed by atoms with Crippen LogP contribution < -0.4 is 0 Å². The number of ether oxygens (including phenoxy) is 1. The van der Waals surface area contributed by atoms with Crippen LogP contribution in [-0.2, 0) is 11.3 Å². The van der Waals surface area contributed by atoms with Crippen LogP contribution in [0.4, 0.5) is 0 Å². The molecule has 4 heteroatoms. The van der Waals surface area contributed by atoms with E-state index in [9.17, 15) is 5.11 Å². The first-order chi connectivity index (χ1) is 9.67. The number of furan rings is 1. The van der Waals surface area contributed by atoms with Gasteiger partial charge in [0.05, 0.1) is 19.3 Å². The van der Waals surface area contributed by atoms with Crippen LogP contribution in [0.3, 0.4) is 0 Å². The van der Waals surface area contributed by atoms with Gasteiger partial charge in [0.25, 0.3) is 0 Å². The smallest absolute Gasteiger partial charge is 0.118 e. The Balaban J connectivity index is 1.81. The monoisotopic (exact) mass is 277 g/mol. The molecule has 1 aromatic heterocycles. The summed E-state index contributed by atoms with van der Waals surface area (Å²) in [4.78, 5) is 2.24. The van der Waals surface area contributed by atoms with Crippen LogP contribution >= 0.6 is 0 Å². The summed E-state index contributed by atoms with van der Waals surface area (Å²) in [5.74, 6) is 5.03. The summed E-state index contributed by atoms with van der Waals surface area (Å²) >= 11 is 0. The topological polar surface area (TPSA) is 45.8 Å². The highest BCUT2D eigenvalue weighted by molar-refractivity contribution is 5.05. The molecule has 1 atom stereocenters. The van der Waals surface area contributed by atoms with Crippen LogP contribution in [0.5, 0.6) is 0 Å². The van der Waals surface area contributed by atoms with Crippen molar-refractivity contribution in [3.8, 4) is 12.3 Å². The summed E-state index contributed by atoms with van der Waals surface area (Å²) in [6, 6.07) is 3.97. The van der Waals surface area contributed by atoms with E-state index in [2.05, 4.69) is 10.8 Å². The second-order valence-electron chi connectivity index (χ2n) is 5.52. The van der Waals surface area contributed by atoms with Crippen molar-refractivity contribution < 1.29 is 14.3 Å².